The first-order valence-electron chi connectivity index (χ1n) is 7.93. The van der Waals surface area contributed by atoms with E-state index in [1.807, 2.05) is 18.2 Å². The standard InChI is InChI=1S/C18H25N5/c1-14-11-15(2)13-16(12-14)23-18(19)22-10-6-5-9-21-17-7-3-4-8-20-17/h3-4,7-8,11-13H,5-6,9-10H2,1-2H3,(H,20,21)(H3,19,22,23). The number of nitrogens with two attached hydrogens (primary N) is 1. The van der Waals surface area contributed by atoms with Gasteiger partial charge in [0.05, 0.1) is 0 Å². The van der Waals surface area contributed by atoms with Crippen LogP contribution in [0.3, 0.4) is 0 Å². The van der Waals surface area contributed by atoms with Crippen LogP contribution in [0.25, 0.3) is 0 Å². The van der Waals surface area contributed by atoms with Crippen LogP contribution in [0, 0.1) is 13.8 Å². The van der Waals surface area contributed by atoms with Crippen molar-refractivity contribution in [1.29, 1.82) is 0 Å². The molecular formula is C18H25N5. The summed E-state index contributed by atoms with van der Waals surface area (Å²) < 4.78 is 0. The summed E-state index contributed by atoms with van der Waals surface area (Å²) in [6.45, 7) is 5.74. The molecule has 4 N–H and O–H groups in total. The van der Waals surface area contributed by atoms with E-state index in [9.17, 15) is 0 Å². The predicted molar refractivity (Wildman–Crippen MR) is 98.0 cm³/mol. The molecule has 1 heterocycles. The molecule has 0 bridgehead atoms. The molecule has 0 unspecified atom stereocenters. The normalized spacial score (nSPS) is 11.3. The van der Waals surface area contributed by atoms with E-state index in [2.05, 4.69) is 52.7 Å². The molecule has 1 aromatic carbocycles. The van der Waals surface area contributed by atoms with E-state index in [4.69, 9.17) is 5.73 Å². The van der Waals surface area contributed by atoms with Crippen molar-refractivity contribution in [2.75, 3.05) is 23.7 Å². The van der Waals surface area contributed by atoms with Gasteiger partial charge in [-0.1, -0.05) is 12.1 Å². The first-order valence-corrected chi connectivity index (χ1v) is 7.93. The Balaban J connectivity index is 1.66. The lowest BCUT2D eigenvalue weighted by Gasteiger charge is -2.08. The lowest BCUT2D eigenvalue weighted by molar-refractivity contribution is 0.772. The number of pyridine rings is 1. The van der Waals surface area contributed by atoms with Crippen molar-refractivity contribution in [2.24, 2.45) is 10.7 Å². The molecule has 0 saturated heterocycles. The monoisotopic (exact) mass is 311 g/mol. The highest BCUT2D eigenvalue weighted by Gasteiger charge is 1.98. The van der Waals surface area contributed by atoms with Crippen LogP contribution in [0.15, 0.2) is 47.6 Å². The molecule has 0 aliphatic heterocycles. The van der Waals surface area contributed by atoms with Crippen LogP contribution < -0.4 is 16.4 Å². The third-order valence-electron chi connectivity index (χ3n) is 3.33. The molecule has 5 heteroatoms. The number of nitrogens with zero attached hydrogens (tertiary/aromatic N) is 2. The van der Waals surface area contributed by atoms with E-state index in [0.29, 0.717) is 12.5 Å². The van der Waals surface area contributed by atoms with Gasteiger partial charge in [0.15, 0.2) is 5.96 Å². The number of aromatic nitrogens is 1. The summed E-state index contributed by atoms with van der Waals surface area (Å²) in [5.74, 6) is 1.37. The molecule has 0 amide bonds. The molecule has 0 aliphatic rings. The molecule has 0 spiro atoms. The van der Waals surface area contributed by atoms with Crippen LogP contribution in [0.2, 0.25) is 0 Å². The van der Waals surface area contributed by atoms with Crippen molar-refractivity contribution in [3.8, 4) is 0 Å². The molecule has 5 nitrogen and oxygen atoms in total. The van der Waals surface area contributed by atoms with Crippen LogP contribution in [0.1, 0.15) is 24.0 Å². The van der Waals surface area contributed by atoms with Crippen molar-refractivity contribution >= 4 is 17.5 Å². The highest BCUT2D eigenvalue weighted by molar-refractivity contribution is 5.92. The second-order valence-electron chi connectivity index (χ2n) is 5.62. The van der Waals surface area contributed by atoms with Crippen molar-refractivity contribution in [1.82, 2.24) is 4.98 Å². The number of benzene rings is 1. The zero-order valence-corrected chi connectivity index (χ0v) is 13.8. The molecule has 0 saturated carbocycles. The number of aliphatic imine (C=N–C) groups is 1. The van der Waals surface area contributed by atoms with Crippen LogP contribution in [0.5, 0.6) is 0 Å². The molecule has 23 heavy (non-hydrogen) atoms. The van der Waals surface area contributed by atoms with Gasteiger partial charge in [0, 0.05) is 25.0 Å². The number of nitrogens with one attached hydrogen (secondary N) is 2. The summed E-state index contributed by atoms with van der Waals surface area (Å²) in [6.07, 6.45) is 3.79. The lowest BCUT2D eigenvalue weighted by atomic mass is 10.1. The van der Waals surface area contributed by atoms with Crippen LogP contribution >= 0.6 is 0 Å². The number of anilines is 2. The maximum atomic E-state index is 5.92. The van der Waals surface area contributed by atoms with Crippen molar-refractivity contribution < 1.29 is 0 Å². The fraction of sp³-hybridized carbons (Fsp3) is 0.333. The number of rotatable bonds is 7. The molecule has 0 radical (unpaired) electrons. The average Bonchev–Trinajstić information content (AvgIpc) is 2.50. The average molecular weight is 311 g/mol. The van der Waals surface area contributed by atoms with Gasteiger partial charge in [-0.25, -0.2) is 4.98 Å². The number of aryl methyl sites for hydroxylation is 2. The number of guanidine groups is 1. The Morgan fingerprint density at radius 2 is 1.91 bits per heavy atom. The quantitative estimate of drug-likeness (QED) is 0.416. The molecule has 2 aromatic rings. The summed E-state index contributed by atoms with van der Waals surface area (Å²) in [4.78, 5) is 8.58. The first-order chi connectivity index (χ1) is 11.1. The summed E-state index contributed by atoms with van der Waals surface area (Å²) in [7, 11) is 0. The van der Waals surface area contributed by atoms with E-state index in [1.165, 1.54) is 11.1 Å². The van der Waals surface area contributed by atoms with Crippen molar-refractivity contribution in [2.45, 2.75) is 26.7 Å². The van der Waals surface area contributed by atoms with E-state index in [-0.39, 0.29) is 0 Å². The zero-order valence-electron chi connectivity index (χ0n) is 13.8. The van der Waals surface area contributed by atoms with Gasteiger partial charge in [0.25, 0.3) is 0 Å². The second-order valence-corrected chi connectivity index (χ2v) is 5.62. The summed E-state index contributed by atoms with van der Waals surface area (Å²) >= 11 is 0. The number of hydrogen-bond donors (Lipinski definition) is 3. The number of unbranched alkanes of at least 4 members (excludes halogenated alkanes) is 1. The van der Waals surface area contributed by atoms with Gasteiger partial charge in [-0.05, 0) is 62.1 Å². The van der Waals surface area contributed by atoms with E-state index in [0.717, 1.165) is 30.9 Å². The highest BCUT2D eigenvalue weighted by Crippen LogP contribution is 2.13. The first kappa shape index (κ1) is 16.8. The Morgan fingerprint density at radius 3 is 2.61 bits per heavy atom. The number of hydrogen-bond acceptors (Lipinski definition) is 3. The molecule has 1 aromatic heterocycles. The van der Waals surface area contributed by atoms with Gasteiger partial charge in [-0.2, -0.15) is 0 Å². The van der Waals surface area contributed by atoms with E-state index >= 15 is 0 Å². The minimum absolute atomic E-state index is 0.465. The van der Waals surface area contributed by atoms with E-state index in [1.54, 1.807) is 6.20 Å². The third kappa shape index (κ3) is 6.38. The minimum Gasteiger partial charge on any atom is -0.370 e. The Bertz CT molecular complexity index is 617. The maximum Gasteiger partial charge on any atom is 0.193 e. The lowest BCUT2D eigenvalue weighted by Crippen LogP contribution is -2.23. The largest absolute Gasteiger partial charge is 0.370 e. The van der Waals surface area contributed by atoms with Crippen molar-refractivity contribution in [3.05, 3.63) is 53.7 Å². The minimum atomic E-state index is 0.465. The molecule has 0 atom stereocenters. The Labute approximate surface area is 138 Å². The molecule has 0 fully saturated rings. The van der Waals surface area contributed by atoms with Gasteiger partial charge in [-0.15, -0.1) is 0 Å². The van der Waals surface area contributed by atoms with Crippen molar-refractivity contribution in [3.63, 3.8) is 0 Å². The molecule has 0 aliphatic carbocycles. The second kappa shape index (κ2) is 8.78. The fourth-order valence-corrected chi connectivity index (χ4v) is 2.35. The zero-order chi connectivity index (χ0) is 16.5. The fourth-order valence-electron chi connectivity index (χ4n) is 2.35. The molecular weight excluding hydrogens is 286 g/mol. The summed E-state index contributed by atoms with van der Waals surface area (Å²) in [6, 6.07) is 12.1. The third-order valence-corrected chi connectivity index (χ3v) is 3.33. The Hall–Kier alpha value is -2.56. The SMILES string of the molecule is Cc1cc(C)cc(NC(N)=NCCCCNc2ccccn2)c1. The van der Waals surface area contributed by atoms with Crippen LogP contribution in [0.4, 0.5) is 11.5 Å². The van der Waals surface area contributed by atoms with Gasteiger partial charge >= 0.3 is 0 Å². The topological polar surface area (TPSA) is 75.3 Å². The van der Waals surface area contributed by atoms with Crippen LogP contribution in [-0.2, 0) is 0 Å². The van der Waals surface area contributed by atoms with Crippen LogP contribution in [-0.4, -0.2) is 24.0 Å². The Kier molecular flexibility index (Phi) is 6.41. The maximum absolute atomic E-state index is 5.92. The highest BCUT2D eigenvalue weighted by atomic mass is 15.1. The smallest absolute Gasteiger partial charge is 0.193 e. The van der Waals surface area contributed by atoms with Gasteiger partial charge < -0.3 is 16.4 Å². The van der Waals surface area contributed by atoms with E-state index < -0.39 is 0 Å². The van der Waals surface area contributed by atoms with Gasteiger partial charge in [0.1, 0.15) is 5.82 Å². The Morgan fingerprint density at radius 1 is 1.13 bits per heavy atom. The van der Waals surface area contributed by atoms with Gasteiger partial charge in [-0.3, -0.25) is 4.99 Å². The molecule has 2 rings (SSSR count). The predicted octanol–water partition coefficient (Wildman–Crippen LogP) is 3.32. The van der Waals surface area contributed by atoms with Gasteiger partial charge in [0.2, 0.25) is 0 Å². The molecule has 122 valence electrons. The summed E-state index contributed by atoms with van der Waals surface area (Å²) in [5, 5.41) is 6.42. The summed E-state index contributed by atoms with van der Waals surface area (Å²) in [5.41, 5.74) is 9.33.